The molecule has 158 valence electrons. The second-order valence-electron chi connectivity index (χ2n) is 6.82. The number of H-pyrrole nitrogens is 1. The zero-order chi connectivity index (χ0) is 21.3. The summed E-state index contributed by atoms with van der Waals surface area (Å²) in [5.41, 5.74) is 3.24. The van der Waals surface area contributed by atoms with Crippen molar-refractivity contribution in [1.82, 2.24) is 15.6 Å². The van der Waals surface area contributed by atoms with Gasteiger partial charge in [-0.05, 0) is 36.2 Å². The molecule has 0 bridgehead atoms. The highest BCUT2D eigenvalue weighted by Gasteiger charge is 2.19. The SMILES string of the molecule is CCOC(=O)NCCC(=O)NCC(c1ccc(OC)cc1)c1c[nH]c2ccccc12. The van der Waals surface area contributed by atoms with Crippen LogP contribution in [0.1, 0.15) is 30.4 Å². The van der Waals surface area contributed by atoms with Gasteiger partial charge in [0.25, 0.3) is 0 Å². The zero-order valence-corrected chi connectivity index (χ0v) is 17.2. The van der Waals surface area contributed by atoms with E-state index in [0.717, 1.165) is 27.8 Å². The number of nitrogens with one attached hydrogen (secondary N) is 3. The molecule has 0 aliphatic heterocycles. The highest BCUT2D eigenvalue weighted by molar-refractivity contribution is 5.84. The van der Waals surface area contributed by atoms with Gasteiger partial charge in [0.15, 0.2) is 0 Å². The van der Waals surface area contributed by atoms with E-state index in [1.807, 2.05) is 48.7 Å². The number of ether oxygens (including phenoxy) is 2. The number of hydrogen-bond donors (Lipinski definition) is 3. The van der Waals surface area contributed by atoms with Gasteiger partial charge in [0.05, 0.1) is 13.7 Å². The zero-order valence-electron chi connectivity index (χ0n) is 17.2. The van der Waals surface area contributed by atoms with Crippen molar-refractivity contribution in [2.75, 3.05) is 26.8 Å². The highest BCUT2D eigenvalue weighted by Crippen LogP contribution is 2.31. The Morgan fingerprint density at radius 2 is 1.83 bits per heavy atom. The van der Waals surface area contributed by atoms with Crippen LogP contribution in [0.2, 0.25) is 0 Å². The Morgan fingerprint density at radius 1 is 1.07 bits per heavy atom. The lowest BCUT2D eigenvalue weighted by Crippen LogP contribution is -2.33. The monoisotopic (exact) mass is 409 g/mol. The van der Waals surface area contributed by atoms with Crippen molar-refractivity contribution in [3.05, 3.63) is 65.9 Å². The maximum atomic E-state index is 12.3. The average molecular weight is 409 g/mol. The van der Waals surface area contributed by atoms with Crippen molar-refractivity contribution in [2.45, 2.75) is 19.3 Å². The van der Waals surface area contributed by atoms with Crippen molar-refractivity contribution in [3.8, 4) is 5.75 Å². The number of aromatic amines is 1. The van der Waals surface area contributed by atoms with E-state index in [1.165, 1.54) is 0 Å². The molecule has 3 aromatic rings. The predicted octanol–water partition coefficient (Wildman–Crippen LogP) is 3.56. The van der Waals surface area contributed by atoms with E-state index in [1.54, 1.807) is 14.0 Å². The summed E-state index contributed by atoms with van der Waals surface area (Å²) in [4.78, 5) is 27.0. The topological polar surface area (TPSA) is 92.4 Å². The minimum atomic E-state index is -0.514. The van der Waals surface area contributed by atoms with Gasteiger partial charge in [-0.1, -0.05) is 30.3 Å². The number of hydrogen-bond acceptors (Lipinski definition) is 4. The molecule has 1 atom stereocenters. The van der Waals surface area contributed by atoms with Gasteiger partial charge in [0.1, 0.15) is 5.75 Å². The van der Waals surface area contributed by atoms with Gasteiger partial charge in [0, 0.05) is 42.5 Å². The van der Waals surface area contributed by atoms with E-state index in [9.17, 15) is 9.59 Å². The molecule has 7 heteroatoms. The molecule has 0 spiro atoms. The van der Waals surface area contributed by atoms with Gasteiger partial charge >= 0.3 is 6.09 Å². The molecule has 0 saturated carbocycles. The van der Waals surface area contributed by atoms with Crippen LogP contribution in [0.5, 0.6) is 5.75 Å². The van der Waals surface area contributed by atoms with Crippen LogP contribution in [0.25, 0.3) is 10.9 Å². The first kappa shape index (κ1) is 21.2. The fraction of sp³-hybridized carbons (Fsp3) is 0.304. The lowest BCUT2D eigenvalue weighted by Gasteiger charge is -2.19. The van der Waals surface area contributed by atoms with Crippen LogP contribution in [0.4, 0.5) is 4.79 Å². The normalized spacial score (nSPS) is 11.7. The van der Waals surface area contributed by atoms with Crippen LogP contribution < -0.4 is 15.4 Å². The number of carbonyl (C=O) groups is 2. The molecule has 0 saturated heterocycles. The number of aromatic nitrogens is 1. The molecule has 1 unspecified atom stereocenters. The number of benzene rings is 2. The van der Waals surface area contributed by atoms with E-state index < -0.39 is 6.09 Å². The molecule has 3 N–H and O–H groups in total. The molecule has 2 amide bonds. The summed E-state index contributed by atoms with van der Waals surface area (Å²) < 4.78 is 10.1. The van der Waals surface area contributed by atoms with Crippen LogP contribution in [0, 0.1) is 0 Å². The van der Waals surface area contributed by atoms with Gasteiger partial charge in [0.2, 0.25) is 5.91 Å². The lowest BCUT2D eigenvalue weighted by atomic mass is 9.90. The van der Waals surface area contributed by atoms with Crippen LogP contribution in [0.15, 0.2) is 54.7 Å². The van der Waals surface area contributed by atoms with E-state index in [4.69, 9.17) is 9.47 Å². The molecule has 3 rings (SSSR count). The Kier molecular flexibility index (Phi) is 7.32. The second-order valence-corrected chi connectivity index (χ2v) is 6.82. The maximum absolute atomic E-state index is 12.3. The van der Waals surface area contributed by atoms with Crippen molar-refractivity contribution < 1.29 is 19.1 Å². The van der Waals surface area contributed by atoms with Crippen LogP contribution in [-0.2, 0) is 9.53 Å². The van der Waals surface area contributed by atoms with Gasteiger partial charge in [-0.2, -0.15) is 0 Å². The van der Waals surface area contributed by atoms with E-state index in [0.29, 0.717) is 13.2 Å². The fourth-order valence-corrected chi connectivity index (χ4v) is 3.39. The van der Waals surface area contributed by atoms with Crippen LogP contribution in [0.3, 0.4) is 0 Å². The van der Waals surface area contributed by atoms with Gasteiger partial charge < -0.3 is 25.1 Å². The van der Waals surface area contributed by atoms with E-state index in [-0.39, 0.29) is 24.8 Å². The van der Waals surface area contributed by atoms with Gasteiger partial charge in [-0.25, -0.2) is 4.79 Å². The third-order valence-corrected chi connectivity index (χ3v) is 4.92. The average Bonchev–Trinajstić information content (AvgIpc) is 3.18. The molecule has 7 nitrogen and oxygen atoms in total. The van der Waals surface area contributed by atoms with Crippen molar-refractivity contribution in [3.63, 3.8) is 0 Å². The smallest absolute Gasteiger partial charge is 0.407 e. The molecular formula is C23H27N3O4. The van der Waals surface area contributed by atoms with Crippen LogP contribution >= 0.6 is 0 Å². The molecule has 1 heterocycles. The third kappa shape index (κ3) is 5.31. The Morgan fingerprint density at radius 3 is 2.57 bits per heavy atom. The highest BCUT2D eigenvalue weighted by atomic mass is 16.5. The maximum Gasteiger partial charge on any atom is 0.407 e. The molecule has 0 aliphatic rings. The van der Waals surface area contributed by atoms with Crippen molar-refractivity contribution in [1.29, 1.82) is 0 Å². The number of methoxy groups -OCH3 is 1. The Labute approximate surface area is 175 Å². The first-order chi connectivity index (χ1) is 14.6. The number of amides is 2. The summed E-state index contributed by atoms with van der Waals surface area (Å²) in [6.45, 7) is 2.69. The molecule has 0 radical (unpaired) electrons. The largest absolute Gasteiger partial charge is 0.497 e. The molecule has 30 heavy (non-hydrogen) atoms. The van der Waals surface area contributed by atoms with E-state index >= 15 is 0 Å². The number of para-hydroxylation sites is 1. The predicted molar refractivity (Wildman–Crippen MR) is 116 cm³/mol. The Balaban J connectivity index is 1.72. The first-order valence-electron chi connectivity index (χ1n) is 9.99. The molecule has 0 aliphatic carbocycles. The molecule has 0 fully saturated rings. The summed E-state index contributed by atoms with van der Waals surface area (Å²) in [6, 6.07) is 16.0. The summed E-state index contributed by atoms with van der Waals surface area (Å²) in [5.74, 6) is 0.615. The summed E-state index contributed by atoms with van der Waals surface area (Å²) in [7, 11) is 1.64. The Hall–Kier alpha value is -3.48. The molecule has 1 aromatic heterocycles. The fourth-order valence-electron chi connectivity index (χ4n) is 3.39. The number of fused-ring (bicyclic) bond motifs is 1. The minimum absolute atomic E-state index is 0.0333. The number of rotatable bonds is 9. The molecular weight excluding hydrogens is 382 g/mol. The van der Waals surface area contributed by atoms with Crippen molar-refractivity contribution in [2.24, 2.45) is 0 Å². The van der Waals surface area contributed by atoms with Crippen LogP contribution in [-0.4, -0.2) is 43.8 Å². The first-order valence-corrected chi connectivity index (χ1v) is 9.99. The van der Waals surface area contributed by atoms with E-state index in [2.05, 4.69) is 21.7 Å². The van der Waals surface area contributed by atoms with Gasteiger partial charge in [-0.3, -0.25) is 4.79 Å². The summed E-state index contributed by atoms with van der Waals surface area (Å²) in [5, 5.41) is 6.67. The standard InChI is InChI=1S/C23H27N3O4/c1-3-30-23(28)24-13-12-22(27)26-14-19(16-8-10-17(29-2)11-9-16)20-15-25-21-7-5-4-6-18(20)21/h4-11,15,19,25H,3,12-14H2,1-2H3,(H,24,28)(H,26,27). The number of alkyl carbamates (subject to hydrolysis) is 1. The minimum Gasteiger partial charge on any atom is -0.497 e. The number of carbonyl (C=O) groups excluding carboxylic acids is 2. The summed E-state index contributed by atoms with van der Waals surface area (Å²) in [6.07, 6.45) is 1.66. The Bertz CT molecular complexity index is 982. The van der Waals surface area contributed by atoms with Gasteiger partial charge in [-0.15, -0.1) is 0 Å². The van der Waals surface area contributed by atoms with Crippen molar-refractivity contribution >= 4 is 22.9 Å². The quantitative estimate of drug-likeness (QED) is 0.504. The lowest BCUT2D eigenvalue weighted by molar-refractivity contribution is -0.120. The molecule has 2 aromatic carbocycles. The second kappa shape index (κ2) is 10.3. The summed E-state index contributed by atoms with van der Waals surface area (Å²) >= 11 is 0. The third-order valence-electron chi connectivity index (χ3n) is 4.92.